The van der Waals surface area contributed by atoms with Crippen LogP contribution < -0.4 is 9.47 Å². The van der Waals surface area contributed by atoms with E-state index in [1.165, 1.54) is 14.2 Å². The average molecular weight is 389 g/mol. The van der Waals surface area contributed by atoms with Gasteiger partial charge in [0.05, 0.1) is 32.4 Å². The molecule has 1 aliphatic heterocycles. The van der Waals surface area contributed by atoms with Gasteiger partial charge in [-0.25, -0.2) is 0 Å². The quantitative estimate of drug-likeness (QED) is 0.527. The third-order valence-electron chi connectivity index (χ3n) is 3.87. The lowest BCUT2D eigenvalue weighted by atomic mass is 10.1. The first kappa shape index (κ1) is 18.0. The summed E-state index contributed by atoms with van der Waals surface area (Å²) in [4.78, 5) is 13.4. The summed E-state index contributed by atoms with van der Waals surface area (Å²) in [5.74, 6) is 0.836. The van der Waals surface area contributed by atoms with E-state index in [1.807, 2.05) is 0 Å². The van der Waals surface area contributed by atoms with Crippen molar-refractivity contribution in [3.63, 3.8) is 0 Å². The zero-order chi connectivity index (χ0) is 16.8. The second kappa shape index (κ2) is 8.47. The Hall–Kier alpha value is -1.38. The molecule has 2 rings (SSSR count). The molecule has 0 aliphatic carbocycles. The molecule has 0 unspecified atom stereocenters. The molecular weight excluding hydrogens is 368 g/mol. The fourth-order valence-corrected chi connectivity index (χ4v) is 3.45. The normalized spacial score (nSPS) is 15.4. The van der Waals surface area contributed by atoms with Crippen molar-refractivity contribution < 1.29 is 19.1 Å². The number of ether oxygens (including phenoxy) is 3. The molecule has 128 valence electrons. The van der Waals surface area contributed by atoms with E-state index in [4.69, 9.17) is 14.2 Å². The first-order chi connectivity index (χ1) is 11.1. The van der Waals surface area contributed by atoms with E-state index in [-0.39, 0.29) is 10.6 Å². The molecule has 0 radical (unpaired) electrons. The number of halogens is 1. The van der Waals surface area contributed by atoms with E-state index < -0.39 is 0 Å². The van der Waals surface area contributed by atoms with Crippen molar-refractivity contribution in [3.8, 4) is 11.5 Å². The molecule has 7 nitrogen and oxygen atoms in total. The predicted molar refractivity (Wildman–Crippen MR) is 89.5 cm³/mol. The molecule has 0 amide bonds. The molecule has 1 fully saturated rings. The Balaban J connectivity index is 2.15. The number of benzene rings is 1. The van der Waals surface area contributed by atoms with Crippen LogP contribution in [-0.4, -0.2) is 56.9 Å². The molecule has 1 heterocycles. The summed E-state index contributed by atoms with van der Waals surface area (Å²) in [6.07, 6.45) is 1.44. The molecule has 8 heteroatoms. The van der Waals surface area contributed by atoms with Crippen LogP contribution in [0, 0.1) is 10.1 Å². The van der Waals surface area contributed by atoms with Crippen LogP contribution in [0.4, 0.5) is 5.69 Å². The van der Waals surface area contributed by atoms with Crippen LogP contribution in [0.2, 0.25) is 0 Å². The van der Waals surface area contributed by atoms with Gasteiger partial charge in [0.15, 0.2) is 11.5 Å². The zero-order valence-corrected chi connectivity index (χ0v) is 14.9. The van der Waals surface area contributed by atoms with Crippen molar-refractivity contribution >= 4 is 21.6 Å². The fraction of sp³-hybridized carbons (Fsp3) is 0.600. The number of methoxy groups -OCH3 is 2. The van der Waals surface area contributed by atoms with Gasteiger partial charge in [-0.15, -0.1) is 0 Å². The number of nitro groups is 1. The molecule has 0 N–H and O–H groups in total. The summed E-state index contributed by atoms with van der Waals surface area (Å²) in [7, 11) is 2.98. The Bertz CT molecular complexity index is 561. The van der Waals surface area contributed by atoms with E-state index in [9.17, 15) is 10.1 Å². The molecule has 0 aromatic heterocycles. The van der Waals surface area contributed by atoms with Crippen LogP contribution in [0.15, 0.2) is 10.5 Å². The van der Waals surface area contributed by atoms with Gasteiger partial charge < -0.3 is 14.2 Å². The SMILES string of the molecule is COc1cc(CCCN2CCOCC2)c([N+](=O)[O-])c(Br)c1OC. The van der Waals surface area contributed by atoms with Crippen molar-refractivity contribution in [2.45, 2.75) is 12.8 Å². The standard InChI is InChI=1S/C15H21BrN2O5/c1-21-12-10-11(4-3-5-17-6-8-23-9-7-17)14(18(19)20)13(16)15(12)22-2/h10H,3-9H2,1-2H3. The van der Waals surface area contributed by atoms with Crippen LogP contribution in [0.5, 0.6) is 11.5 Å². The molecule has 1 saturated heterocycles. The van der Waals surface area contributed by atoms with Crippen LogP contribution >= 0.6 is 15.9 Å². The summed E-state index contributed by atoms with van der Waals surface area (Å²) in [5.41, 5.74) is 0.692. The van der Waals surface area contributed by atoms with Crippen molar-refractivity contribution in [1.82, 2.24) is 4.90 Å². The van der Waals surface area contributed by atoms with Gasteiger partial charge in [-0.2, -0.15) is 0 Å². The minimum atomic E-state index is -0.379. The average Bonchev–Trinajstić information content (AvgIpc) is 2.55. The summed E-state index contributed by atoms with van der Waals surface area (Å²) >= 11 is 3.28. The first-order valence-electron chi connectivity index (χ1n) is 7.46. The van der Waals surface area contributed by atoms with E-state index in [0.29, 0.717) is 28.0 Å². The molecule has 23 heavy (non-hydrogen) atoms. The maximum absolute atomic E-state index is 11.4. The Kier molecular flexibility index (Phi) is 6.61. The van der Waals surface area contributed by atoms with Crippen molar-refractivity contribution in [2.24, 2.45) is 0 Å². The Morgan fingerprint density at radius 3 is 2.61 bits per heavy atom. The van der Waals surface area contributed by atoms with Crippen LogP contribution in [0.3, 0.4) is 0 Å². The number of morpholine rings is 1. The smallest absolute Gasteiger partial charge is 0.290 e. The van der Waals surface area contributed by atoms with Gasteiger partial charge in [-0.1, -0.05) is 0 Å². The van der Waals surface area contributed by atoms with Crippen LogP contribution in [0.25, 0.3) is 0 Å². The van der Waals surface area contributed by atoms with Crippen LogP contribution in [-0.2, 0) is 11.2 Å². The second-order valence-corrected chi connectivity index (χ2v) is 6.04. The second-order valence-electron chi connectivity index (χ2n) is 5.25. The number of aryl methyl sites for hydroxylation is 1. The summed E-state index contributed by atoms with van der Waals surface area (Å²) in [6, 6.07) is 1.70. The molecule has 0 atom stereocenters. The van der Waals surface area contributed by atoms with E-state index in [1.54, 1.807) is 6.07 Å². The van der Waals surface area contributed by atoms with E-state index in [2.05, 4.69) is 20.8 Å². The number of hydrogen-bond acceptors (Lipinski definition) is 6. The summed E-state index contributed by atoms with van der Waals surface area (Å²) in [5, 5.41) is 11.4. The van der Waals surface area contributed by atoms with Crippen molar-refractivity contribution in [3.05, 3.63) is 26.2 Å². The molecule has 1 aliphatic rings. The maximum atomic E-state index is 11.4. The lowest BCUT2D eigenvalue weighted by Crippen LogP contribution is -2.36. The molecule has 0 bridgehead atoms. The first-order valence-corrected chi connectivity index (χ1v) is 8.25. The maximum Gasteiger partial charge on any atom is 0.290 e. The lowest BCUT2D eigenvalue weighted by molar-refractivity contribution is -0.386. The van der Waals surface area contributed by atoms with Gasteiger partial charge in [-0.3, -0.25) is 15.0 Å². The highest BCUT2D eigenvalue weighted by molar-refractivity contribution is 9.10. The number of nitrogens with zero attached hydrogens (tertiary/aromatic N) is 2. The zero-order valence-electron chi connectivity index (χ0n) is 13.3. The minimum Gasteiger partial charge on any atom is -0.493 e. The van der Waals surface area contributed by atoms with Gasteiger partial charge in [0.25, 0.3) is 5.69 Å². The van der Waals surface area contributed by atoms with Crippen LogP contribution in [0.1, 0.15) is 12.0 Å². The Morgan fingerprint density at radius 1 is 1.35 bits per heavy atom. The van der Waals surface area contributed by atoms with Gasteiger partial charge in [-0.05, 0) is 41.4 Å². The largest absolute Gasteiger partial charge is 0.493 e. The minimum absolute atomic E-state index is 0.0460. The van der Waals surface area contributed by atoms with E-state index in [0.717, 1.165) is 39.3 Å². The summed E-state index contributed by atoms with van der Waals surface area (Å²) < 4.78 is 16.1. The number of hydrogen-bond donors (Lipinski definition) is 0. The van der Waals surface area contributed by atoms with Crippen molar-refractivity contribution in [2.75, 3.05) is 47.1 Å². The molecular formula is C15H21BrN2O5. The van der Waals surface area contributed by atoms with Crippen molar-refractivity contribution in [1.29, 1.82) is 0 Å². The third kappa shape index (κ3) is 4.33. The Morgan fingerprint density at radius 2 is 2.04 bits per heavy atom. The predicted octanol–water partition coefficient (Wildman–Crippen LogP) is 2.64. The van der Waals surface area contributed by atoms with E-state index >= 15 is 0 Å². The molecule has 0 spiro atoms. The number of rotatable bonds is 7. The fourth-order valence-electron chi connectivity index (χ4n) is 2.70. The Labute approximate surface area is 143 Å². The highest BCUT2D eigenvalue weighted by Crippen LogP contribution is 2.44. The van der Waals surface area contributed by atoms with Gasteiger partial charge in [0.1, 0.15) is 4.47 Å². The topological polar surface area (TPSA) is 74.1 Å². The highest BCUT2D eigenvalue weighted by Gasteiger charge is 2.26. The van der Waals surface area contributed by atoms with Gasteiger partial charge >= 0.3 is 0 Å². The molecule has 1 aromatic rings. The summed E-state index contributed by atoms with van der Waals surface area (Å²) in [6.45, 7) is 4.23. The van der Waals surface area contributed by atoms with Gasteiger partial charge in [0.2, 0.25) is 0 Å². The monoisotopic (exact) mass is 388 g/mol. The highest BCUT2D eigenvalue weighted by atomic mass is 79.9. The molecule has 0 saturated carbocycles. The molecule has 1 aromatic carbocycles. The number of nitro benzene ring substituents is 1. The lowest BCUT2D eigenvalue weighted by Gasteiger charge is -2.26. The third-order valence-corrected chi connectivity index (χ3v) is 4.61. The van der Waals surface area contributed by atoms with Gasteiger partial charge in [0, 0.05) is 18.7 Å².